The van der Waals surface area contributed by atoms with Gasteiger partial charge < -0.3 is 14.1 Å². The molecule has 6 heteroatoms. The summed E-state index contributed by atoms with van der Waals surface area (Å²) in [5, 5.41) is 2.14. The number of amides is 1. The molecule has 0 bridgehead atoms. The van der Waals surface area contributed by atoms with Crippen molar-refractivity contribution in [2.24, 2.45) is 0 Å². The zero-order valence-corrected chi connectivity index (χ0v) is 19.3. The van der Waals surface area contributed by atoms with Crippen LogP contribution in [0, 0.1) is 0 Å². The van der Waals surface area contributed by atoms with Gasteiger partial charge in [0, 0.05) is 28.1 Å². The van der Waals surface area contributed by atoms with Crippen molar-refractivity contribution in [3.05, 3.63) is 119 Å². The number of hydrogen-bond donors (Lipinski definition) is 0. The predicted molar refractivity (Wildman–Crippen MR) is 137 cm³/mol. The molecule has 1 saturated heterocycles. The van der Waals surface area contributed by atoms with Crippen molar-refractivity contribution >= 4 is 44.9 Å². The second-order valence-electron chi connectivity index (χ2n) is 8.50. The van der Waals surface area contributed by atoms with E-state index in [1.54, 1.807) is 4.90 Å². The minimum atomic E-state index is -0.605. The smallest absolute Gasteiger partial charge is 0.336 e. The molecule has 0 N–H and O–H groups in total. The van der Waals surface area contributed by atoms with Crippen LogP contribution >= 0.6 is 11.6 Å². The summed E-state index contributed by atoms with van der Waals surface area (Å²) in [5.41, 5.74) is 2.66. The summed E-state index contributed by atoms with van der Waals surface area (Å²) in [7, 11) is 0. The highest BCUT2D eigenvalue weighted by Gasteiger charge is 2.47. The van der Waals surface area contributed by atoms with Gasteiger partial charge in [-0.3, -0.25) is 4.79 Å². The van der Waals surface area contributed by atoms with Crippen LogP contribution in [0.15, 0.2) is 106 Å². The molecule has 0 spiro atoms. The van der Waals surface area contributed by atoms with Gasteiger partial charge in [-0.25, -0.2) is 4.79 Å². The van der Waals surface area contributed by atoms with Gasteiger partial charge in [0.05, 0.1) is 6.04 Å². The van der Waals surface area contributed by atoms with Crippen molar-refractivity contribution in [2.45, 2.75) is 18.0 Å². The fraction of sp³-hybridized carbons (Fsp3) is 0.103. The minimum absolute atomic E-state index is 0.106. The van der Waals surface area contributed by atoms with Crippen molar-refractivity contribution in [1.29, 1.82) is 0 Å². The van der Waals surface area contributed by atoms with Crippen LogP contribution < -0.4 is 15.3 Å². The van der Waals surface area contributed by atoms with Crippen molar-refractivity contribution in [3.8, 4) is 5.75 Å². The first-order chi connectivity index (χ1) is 17.1. The number of β-lactam (4-membered cyclic amide) rings is 1. The van der Waals surface area contributed by atoms with E-state index in [0.717, 1.165) is 33.0 Å². The molecule has 1 aliphatic rings. The lowest BCUT2D eigenvalue weighted by Crippen LogP contribution is -2.56. The zero-order valence-electron chi connectivity index (χ0n) is 18.6. The maximum atomic E-state index is 12.4. The van der Waals surface area contributed by atoms with Crippen LogP contribution in [0.3, 0.4) is 0 Å². The van der Waals surface area contributed by atoms with Crippen LogP contribution in [0.1, 0.15) is 17.2 Å². The van der Waals surface area contributed by atoms with Gasteiger partial charge in [0.25, 0.3) is 0 Å². The number of hydrogen-bond acceptors (Lipinski definition) is 4. The molecule has 1 amide bonds. The monoisotopic (exact) mass is 481 g/mol. The van der Waals surface area contributed by atoms with Crippen LogP contribution in [0.5, 0.6) is 5.75 Å². The molecule has 1 fully saturated rings. The molecule has 5 aromatic rings. The Balaban J connectivity index is 1.24. The summed E-state index contributed by atoms with van der Waals surface area (Å²) >= 11 is 6.38. The van der Waals surface area contributed by atoms with Crippen LogP contribution in [0.2, 0.25) is 0 Å². The predicted octanol–water partition coefficient (Wildman–Crippen LogP) is 6.22. The molecule has 35 heavy (non-hydrogen) atoms. The standard InChI is InChI=1S/C29H20ClNO4/c30-26-27(31(29(26)33)21-7-2-1-3-8-21)19-10-13-22(14-11-19)34-17-20-16-25(32)35-28-23-9-5-4-6-18(23)12-15-24(20)28/h1-16,26-27H,17H2. The number of nitrogens with zero attached hydrogens (tertiary/aromatic N) is 1. The topological polar surface area (TPSA) is 59.8 Å². The molecule has 2 unspecified atom stereocenters. The normalized spacial score (nSPS) is 17.5. The van der Waals surface area contributed by atoms with E-state index in [1.807, 2.05) is 91.0 Å². The molecule has 1 aromatic heterocycles. The summed E-state index contributed by atoms with van der Waals surface area (Å²) in [5.74, 6) is 0.546. The van der Waals surface area contributed by atoms with Crippen LogP contribution in [0.25, 0.3) is 21.7 Å². The van der Waals surface area contributed by atoms with Crippen LogP contribution in [-0.4, -0.2) is 11.3 Å². The van der Waals surface area contributed by atoms with E-state index in [9.17, 15) is 9.59 Å². The van der Waals surface area contributed by atoms with Gasteiger partial charge in [-0.15, -0.1) is 11.6 Å². The fourth-order valence-electron chi connectivity index (χ4n) is 4.65. The van der Waals surface area contributed by atoms with Crippen molar-refractivity contribution in [2.75, 3.05) is 4.90 Å². The molecular weight excluding hydrogens is 462 g/mol. The van der Waals surface area contributed by atoms with E-state index in [-0.39, 0.29) is 18.6 Å². The lowest BCUT2D eigenvalue weighted by Gasteiger charge is -2.44. The molecular formula is C29H20ClNO4. The molecule has 0 radical (unpaired) electrons. The number of carbonyl (C=O) groups is 1. The van der Waals surface area contributed by atoms with Crippen LogP contribution in [0.4, 0.5) is 5.69 Å². The van der Waals surface area contributed by atoms with E-state index in [1.165, 1.54) is 6.07 Å². The Kier molecular flexibility index (Phi) is 5.27. The number of alkyl halides is 1. The quantitative estimate of drug-likeness (QED) is 0.129. The fourth-order valence-corrected chi connectivity index (χ4v) is 5.01. The first kappa shape index (κ1) is 21.4. The third kappa shape index (κ3) is 3.74. The Morgan fingerprint density at radius 1 is 0.829 bits per heavy atom. The van der Waals surface area contributed by atoms with Crippen molar-refractivity contribution in [3.63, 3.8) is 0 Å². The SMILES string of the molecule is O=C1C(Cl)C(c2ccc(OCc3cc(=O)oc4c3ccc3ccccc34)cc2)N1c1ccccc1. The van der Waals surface area contributed by atoms with E-state index in [0.29, 0.717) is 11.3 Å². The highest BCUT2D eigenvalue weighted by atomic mass is 35.5. The Morgan fingerprint density at radius 3 is 2.37 bits per heavy atom. The average molecular weight is 482 g/mol. The van der Waals surface area contributed by atoms with Gasteiger partial charge in [-0.05, 0) is 35.2 Å². The molecule has 0 aliphatic carbocycles. The maximum absolute atomic E-state index is 12.4. The van der Waals surface area contributed by atoms with Gasteiger partial charge in [0.2, 0.25) is 5.91 Å². The van der Waals surface area contributed by atoms with Gasteiger partial charge >= 0.3 is 5.63 Å². The second-order valence-corrected chi connectivity index (χ2v) is 8.97. The summed E-state index contributed by atoms with van der Waals surface area (Å²) in [6.45, 7) is 0.218. The lowest BCUT2D eigenvalue weighted by molar-refractivity contribution is -0.123. The Hall–Kier alpha value is -4.09. The number of halogens is 1. The number of ether oxygens (including phenoxy) is 1. The number of benzene rings is 4. The maximum Gasteiger partial charge on any atom is 0.336 e. The Labute approximate surface area is 206 Å². The molecule has 2 heterocycles. The molecule has 1 aliphatic heterocycles. The number of carbonyl (C=O) groups excluding carboxylic acids is 1. The number of rotatable bonds is 5. The molecule has 4 aromatic carbocycles. The highest BCUT2D eigenvalue weighted by molar-refractivity contribution is 6.37. The van der Waals surface area contributed by atoms with E-state index >= 15 is 0 Å². The molecule has 6 rings (SSSR count). The van der Waals surface area contributed by atoms with Crippen molar-refractivity contribution in [1.82, 2.24) is 0 Å². The van der Waals surface area contributed by atoms with Crippen LogP contribution in [-0.2, 0) is 11.4 Å². The third-order valence-corrected chi connectivity index (χ3v) is 6.82. The summed E-state index contributed by atoms with van der Waals surface area (Å²) in [6, 6.07) is 30.1. The summed E-state index contributed by atoms with van der Waals surface area (Å²) in [4.78, 5) is 26.4. The summed E-state index contributed by atoms with van der Waals surface area (Å²) < 4.78 is 11.6. The Bertz CT molecular complexity index is 1610. The highest BCUT2D eigenvalue weighted by Crippen LogP contribution is 2.42. The van der Waals surface area contributed by atoms with Crippen molar-refractivity contribution < 1.29 is 13.9 Å². The van der Waals surface area contributed by atoms with Gasteiger partial charge in [0.15, 0.2) is 0 Å². The Morgan fingerprint density at radius 2 is 1.57 bits per heavy atom. The largest absolute Gasteiger partial charge is 0.489 e. The molecule has 5 nitrogen and oxygen atoms in total. The van der Waals surface area contributed by atoms with E-state index in [4.69, 9.17) is 20.8 Å². The van der Waals surface area contributed by atoms with Gasteiger partial charge in [-0.1, -0.05) is 66.7 Å². The summed E-state index contributed by atoms with van der Waals surface area (Å²) in [6.07, 6.45) is 0. The first-order valence-corrected chi connectivity index (χ1v) is 11.7. The average Bonchev–Trinajstić information content (AvgIpc) is 2.90. The second kappa shape index (κ2) is 8.60. The number of para-hydroxylation sites is 1. The van der Waals surface area contributed by atoms with E-state index < -0.39 is 11.0 Å². The number of anilines is 1. The third-order valence-electron chi connectivity index (χ3n) is 6.40. The molecule has 172 valence electrons. The lowest BCUT2D eigenvalue weighted by atomic mass is 9.92. The van der Waals surface area contributed by atoms with Gasteiger partial charge in [-0.2, -0.15) is 0 Å². The first-order valence-electron chi connectivity index (χ1n) is 11.3. The zero-order chi connectivity index (χ0) is 23.9. The molecule has 2 atom stereocenters. The minimum Gasteiger partial charge on any atom is -0.489 e. The van der Waals surface area contributed by atoms with E-state index in [2.05, 4.69) is 0 Å². The van der Waals surface area contributed by atoms with Gasteiger partial charge in [0.1, 0.15) is 23.3 Å². The number of fused-ring (bicyclic) bond motifs is 3. The molecule has 0 saturated carbocycles.